The summed E-state index contributed by atoms with van der Waals surface area (Å²) in [5, 5.41) is 16.4. The van der Waals surface area contributed by atoms with Crippen LogP contribution in [-0.2, 0) is 11.3 Å². The number of aryl methyl sites for hydroxylation is 1. The van der Waals surface area contributed by atoms with Gasteiger partial charge in [-0.2, -0.15) is 5.10 Å². The van der Waals surface area contributed by atoms with E-state index in [1.54, 1.807) is 0 Å². The van der Waals surface area contributed by atoms with Crippen LogP contribution in [-0.4, -0.2) is 76.7 Å². The molecule has 0 spiro atoms. The number of hydrogen-bond donors (Lipinski definition) is 1. The van der Waals surface area contributed by atoms with Crippen molar-refractivity contribution in [1.82, 2.24) is 19.6 Å². The minimum Gasteiger partial charge on any atom is -0.437 e. The van der Waals surface area contributed by atoms with Crippen molar-refractivity contribution in [3.8, 4) is 17.3 Å². The van der Waals surface area contributed by atoms with Crippen LogP contribution in [0.4, 0.5) is 0 Å². The highest BCUT2D eigenvalue weighted by molar-refractivity contribution is 6.32. The first-order valence-electron chi connectivity index (χ1n) is 12.8. The Morgan fingerprint density at radius 3 is 2.56 bits per heavy atom. The Morgan fingerprint density at radius 1 is 1.11 bits per heavy atom. The molecule has 2 heterocycles. The number of halogens is 1. The predicted octanol–water partition coefficient (Wildman–Crippen LogP) is 4.53. The summed E-state index contributed by atoms with van der Waals surface area (Å²) in [7, 11) is 0. The summed E-state index contributed by atoms with van der Waals surface area (Å²) in [5.74, 6) is 1.95. The summed E-state index contributed by atoms with van der Waals surface area (Å²) in [6.07, 6.45) is 2.07. The third kappa shape index (κ3) is 6.47. The van der Waals surface area contributed by atoms with Crippen molar-refractivity contribution in [2.45, 2.75) is 32.4 Å². The fraction of sp³-hybridized carbons (Fsp3) is 0.464. The van der Waals surface area contributed by atoms with E-state index in [4.69, 9.17) is 26.2 Å². The molecule has 1 aliphatic heterocycles. The van der Waals surface area contributed by atoms with E-state index in [2.05, 4.69) is 9.80 Å². The molecule has 2 aromatic carbocycles. The van der Waals surface area contributed by atoms with Gasteiger partial charge < -0.3 is 14.6 Å². The second kappa shape index (κ2) is 11.8. The topological polar surface area (TPSA) is 63.0 Å². The molecule has 192 valence electrons. The first-order valence-corrected chi connectivity index (χ1v) is 13.2. The van der Waals surface area contributed by atoms with E-state index in [0.717, 1.165) is 49.8 Å². The minimum atomic E-state index is -0.431. The van der Waals surface area contributed by atoms with E-state index in [0.29, 0.717) is 42.2 Å². The summed E-state index contributed by atoms with van der Waals surface area (Å²) in [6.45, 7) is 8.12. The predicted molar refractivity (Wildman–Crippen MR) is 141 cm³/mol. The van der Waals surface area contributed by atoms with Crippen molar-refractivity contribution >= 4 is 11.6 Å². The molecule has 2 aliphatic rings. The number of rotatable bonds is 11. The molecule has 0 bridgehead atoms. The van der Waals surface area contributed by atoms with Crippen LogP contribution in [0.1, 0.15) is 24.1 Å². The van der Waals surface area contributed by atoms with Gasteiger partial charge >= 0.3 is 0 Å². The smallest absolute Gasteiger partial charge is 0.227 e. The van der Waals surface area contributed by atoms with Crippen molar-refractivity contribution < 1.29 is 14.6 Å². The van der Waals surface area contributed by atoms with Gasteiger partial charge in [0.1, 0.15) is 5.75 Å². The number of benzene rings is 2. The van der Waals surface area contributed by atoms with Crippen LogP contribution in [0, 0.1) is 12.8 Å². The molecule has 1 saturated carbocycles. The molecule has 0 radical (unpaired) electrons. The van der Waals surface area contributed by atoms with E-state index < -0.39 is 6.10 Å². The van der Waals surface area contributed by atoms with E-state index in [1.165, 1.54) is 12.8 Å². The van der Waals surface area contributed by atoms with Crippen molar-refractivity contribution in [3.05, 3.63) is 70.9 Å². The Balaban J connectivity index is 1.41. The second-order valence-electron chi connectivity index (χ2n) is 9.85. The number of hydrogen-bond acceptors (Lipinski definition) is 6. The maximum atomic E-state index is 11.0. The van der Waals surface area contributed by atoms with Crippen LogP contribution < -0.4 is 4.74 Å². The number of aliphatic hydroxyl groups is 1. The standard InChI is InChI=1S/C28H35ClN4O3/c1-21-25(20-32(17-22-11-12-22)19-24(34)18-31-13-15-35-16-14-31)28(36-27-10-6-5-9-26(27)29)33(30-21)23-7-3-2-4-8-23/h2-10,22,24,34H,11-20H2,1H3/t24-/m0/s1. The largest absolute Gasteiger partial charge is 0.437 e. The number of aromatic nitrogens is 2. The first kappa shape index (κ1) is 25.2. The summed E-state index contributed by atoms with van der Waals surface area (Å²) < 4.78 is 13.8. The fourth-order valence-electron chi connectivity index (χ4n) is 4.73. The van der Waals surface area contributed by atoms with Crippen LogP contribution in [0.25, 0.3) is 5.69 Å². The van der Waals surface area contributed by atoms with Crippen LogP contribution in [0.2, 0.25) is 5.02 Å². The molecular formula is C28H35ClN4O3. The van der Waals surface area contributed by atoms with Gasteiger partial charge in [-0.15, -0.1) is 0 Å². The Kier molecular flexibility index (Phi) is 8.24. The molecule has 0 amide bonds. The van der Waals surface area contributed by atoms with E-state index >= 15 is 0 Å². The molecule has 1 aromatic heterocycles. The average molecular weight is 511 g/mol. The molecule has 1 aliphatic carbocycles. The van der Waals surface area contributed by atoms with Gasteiger partial charge in [0.25, 0.3) is 0 Å². The lowest BCUT2D eigenvalue weighted by Crippen LogP contribution is -2.44. The first-order chi connectivity index (χ1) is 17.6. The molecule has 36 heavy (non-hydrogen) atoms. The lowest BCUT2D eigenvalue weighted by Gasteiger charge is -2.31. The Hall–Kier alpha value is -2.42. The summed E-state index contributed by atoms with van der Waals surface area (Å²) in [6, 6.07) is 17.5. The van der Waals surface area contributed by atoms with E-state index in [1.807, 2.05) is 66.2 Å². The quantitative estimate of drug-likeness (QED) is 0.409. The second-order valence-corrected chi connectivity index (χ2v) is 10.3. The maximum absolute atomic E-state index is 11.0. The third-order valence-electron chi connectivity index (χ3n) is 6.82. The van der Waals surface area contributed by atoms with Gasteiger partial charge in [-0.25, -0.2) is 4.68 Å². The van der Waals surface area contributed by atoms with Gasteiger partial charge in [0.2, 0.25) is 5.88 Å². The average Bonchev–Trinajstić information content (AvgIpc) is 3.65. The minimum absolute atomic E-state index is 0.431. The van der Waals surface area contributed by atoms with Crippen LogP contribution in [0.15, 0.2) is 54.6 Å². The van der Waals surface area contributed by atoms with Crippen molar-refractivity contribution in [2.24, 2.45) is 5.92 Å². The third-order valence-corrected chi connectivity index (χ3v) is 7.13. The zero-order valence-corrected chi connectivity index (χ0v) is 21.6. The summed E-state index contributed by atoms with van der Waals surface area (Å²) in [4.78, 5) is 4.65. The maximum Gasteiger partial charge on any atom is 0.227 e. The van der Waals surface area contributed by atoms with Crippen LogP contribution in [0.3, 0.4) is 0 Å². The Labute approximate surface area is 218 Å². The van der Waals surface area contributed by atoms with E-state index in [9.17, 15) is 5.11 Å². The number of para-hydroxylation sites is 2. The SMILES string of the molecule is Cc1nn(-c2ccccc2)c(Oc2ccccc2Cl)c1CN(CC1CC1)C[C@@H](O)CN1CCOCC1. The Morgan fingerprint density at radius 2 is 1.83 bits per heavy atom. The highest BCUT2D eigenvalue weighted by Crippen LogP contribution is 2.36. The van der Waals surface area contributed by atoms with Crippen LogP contribution >= 0.6 is 11.6 Å². The monoisotopic (exact) mass is 510 g/mol. The molecule has 7 nitrogen and oxygen atoms in total. The lowest BCUT2D eigenvalue weighted by atomic mass is 10.2. The van der Waals surface area contributed by atoms with Gasteiger partial charge in [0.05, 0.1) is 41.3 Å². The molecule has 1 atom stereocenters. The lowest BCUT2D eigenvalue weighted by molar-refractivity contribution is 0.00585. The zero-order valence-electron chi connectivity index (χ0n) is 20.9. The van der Waals surface area contributed by atoms with Gasteiger partial charge in [-0.3, -0.25) is 9.80 Å². The van der Waals surface area contributed by atoms with E-state index in [-0.39, 0.29) is 0 Å². The van der Waals surface area contributed by atoms with Crippen molar-refractivity contribution in [1.29, 1.82) is 0 Å². The number of aliphatic hydroxyl groups excluding tert-OH is 1. The summed E-state index contributed by atoms with van der Waals surface area (Å²) >= 11 is 6.46. The number of nitrogens with zero attached hydrogens (tertiary/aromatic N) is 4. The fourth-order valence-corrected chi connectivity index (χ4v) is 4.91. The van der Waals surface area contributed by atoms with Gasteiger partial charge in [-0.1, -0.05) is 41.9 Å². The summed E-state index contributed by atoms with van der Waals surface area (Å²) in [5.41, 5.74) is 2.84. The zero-order chi connectivity index (χ0) is 24.9. The highest BCUT2D eigenvalue weighted by atomic mass is 35.5. The molecule has 8 heteroatoms. The van der Waals surface area contributed by atoms with Crippen molar-refractivity contribution in [2.75, 3.05) is 45.9 Å². The number of morpholine rings is 1. The Bertz CT molecular complexity index is 1130. The molecule has 0 unspecified atom stereocenters. The number of ether oxygens (including phenoxy) is 2. The van der Waals surface area contributed by atoms with Crippen molar-refractivity contribution in [3.63, 3.8) is 0 Å². The normalized spacial score (nSPS) is 17.4. The molecule has 5 rings (SSSR count). The molecule has 3 aromatic rings. The van der Waals surface area contributed by atoms with Gasteiger partial charge in [-0.05, 0) is 49.9 Å². The molecule has 1 N–H and O–H groups in total. The highest BCUT2D eigenvalue weighted by Gasteiger charge is 2.29. The molecular weight excluding hydrogens is 476 g/mol. The van der Waals surface area contributed by atoms with Crippen LogP contribution in [0.5, 0.6) is 11.6 Å². The molecule has 1 saturated heterocycles. The van der Waals surface area contributed by atoms with Gasteiger partial charge in [0.15, 0.2) is 0 Å². The van der Waals surface area contributed by atoms with Gasteiger partial charge in [0, 0.05) is 39.3 Å². The number of β-amino-alcohol motifs (C(OH)–C–C–N with tert-alkyl or cyclic N) is 1. The molecule has 2 fully saturated rings.